The maximum absolute atomic E-state index is 5.93. The minimum atomic E-state index is 0.494. The normalized spacial score (nSPS) is 28.2. The lowest BCUT2D eigenvalue weighted by Crippen LogP contribution is -2.18. The molecule has 1 aliphatic rings. The lowest BCUT2D eigenvalue weighted by atomic mass is 10.1. The highest BCUT2D eigenvalue weighted by Crippen LogP contribution is 2.34. The summed E-state index contributed by atoms with van der Waals surface area (Å²) in [5, 5.41) is 4.32. The molecule has 0 radical (unpaired) electrons. The van der Waals surface area contributed by atoms with E-state index in [9.17, 15) is 0 Å². The van der Waals surface area contributed by atoms with E-state index in [4.69, 9.17) is 5.73 Å². The monoisotopic (exact) mass is 309 g/mol. The van der Waals surface area contributed by atoms with Gasteiger partial charge in [-0.25, -0.2) is 4.68 Å². The predicted octanol–water partition coefficient (Wildman–Crippen LogP) is 1.99. The molecule has 1 aromatic heterocycles. The number of aromatic nitrogens is 2. The van der Waals surface area contributed by atoms with Gasteiger partial charge in [-0.15, -0.1) is 0 Å². The number of hydrogen-bond acceptors (Lipinski definition) is 3. The first-order valence-electron chi connectivity index (χ1n) is 4.26. The summed E-state index contributed by atoms with van der Waals surface area (Å²) in [5.74, 6) is 3.87. The van der Waals surface area contributed by atoms with Crippen LogP contribution in [0.15, 0.2) is 6.20 Å². The maximum Gasteiger partial charge on any atom is 0.135 e. The van der Waals surface area contributed by atoms with Gasteiger partial charge in [-0.05, 0) is 34.3 Å². The van der Waals surface area contributed by atoms with Gasteiger partial charge in [0.05, 0.1) is 15.8 Å². The molecule has 0 aliphatic carbocycles. The molecular formula is C8H12IN3S. The van der Waals surface area contributed by atoms with Crippen LogP contribution in [-0.2, 0) is 0 Å². The summed E-state index contributed by atoms with van der Waals surface area (Å²) in [6.45, 7) is 2.26. The van der Waals surface area contributed by atoms with Crippen molar-refractivity contribution in [2.24, 2.45) is 5.92 Å². The summed E-state index contributed by atoms with van der Waals surface area (Å²) in [5.41, 5.74) is 5.93. The van der Waals surface area contributed by atoms with Gasteiger partial charge in [-0.3, -0.25) is 0 Å². The predicted molar refractivity (Wildman–Crippen MR) is 64.9 cm³/mol. The van der Waals surface area contributed by atoms with Crippen LogP contribution >= 0.6 is 34.4 Å². The highest BCUT2D eigenvalue weighted by atomic mass is 127. The summed E-state index contributed by atoms with van der Waals surface area (Å²) in [7, 11) is 0. The zero-order chi connectivity index (χ0) is 9.42. The van der Waals surface area contributed by atoms with Crippen molar-refractivity contribution in [1.82, 2.24) is 9.78 Å². The highest BCUT2D eigenvalue weighted by Gasteiger charge is 2.27. The van der Waals surface area contributed by atoms with Gasteiger partial charge in [0.25, 0.3) is 0 Å². The third-order valence-electron chi connectivity index (χ3n) is 2.43. The van der Waals surface area contributed by atoms with Gasteiger partial charge in [0, 0.05) is 5.75 Å². The van der Waals surface area contributed by atoms with Gasteiger partial charge >= 0.3 is 0 Å². The van der Waals surface area contributed by atoms with E-state index in [1.807, 2.05) is 22.6 Å². The molecule has 0 amide bonds. The second kappa shape index (κ2) is 3.68. The smallest absolute Gasteiger partial charge is 0.135 e. The van der Waals surface area contributed by atoms with Gasteiger partial charge < -0.3 is 5.73 Å². The number of nitrogen functional groups attached to an aromatic ring is 1. The molecule has 13 heavy (non-hydrogen) atoms. The molecule has 2 heterocycles. The topological polar surface area (TPSA) is 43.8 Å². The number of nitrogens with zero attached hydrogens (tertiary/aromatic N) is 2. The zero-order valence-electron chi connectivity index (χ0n) is 7.40. The lowest BCUT2D eigenvalue weighted by molar-refractivity contribution is 0.407. The number of nitrogens with two attached hydrogens (primary N) is 1. The fourth-order valence-electron chi connectivity index (χ4n) is 1.58. The molecule has 5 heteroatoms. The van der Waals surface area contributed by atoms with Crippen LogP contribution in [0, 0.1) is 9.49 Å². The molecule has 1 saturated heterocycles. The number of hydrogen-bond donors (Lipinski definition) is 1. The van der Waals surface area contributed by atoms with Crippen molar-refractivity contribution in [3.63, 3.8) is 0 Å². The van der Waals surface area contributed by atoms with Crippen LogP contribution in [0.25, 0.3) is 0 Å². The molecule has 3 nitrogen and oxygen atoms in total. The molecular weight excluding hydrogens is 297 g/mol. The van der Waals surface area contributed by atoms with E-state index >= 15 is 0 Å². The van der Waals surface area contributed by atoms with Crippen LogP contribution < -0.4 is 5.73 Å². The van der Waals surface area contributed by atoms with Crippen LogP contribution in [0.4, 0.5) is 5.82 Å². The first kappa shape index (κ1) is 9.64. The Morgan fingerprint density at radius 2 is 2.46 bits per heavy atom. The Kier molecular flexibility index (Phi) is 2.73. The van der Waals surface area contributed by atoms with Crippen molar-refractivity contribution in [3.05, 3.63) is 9.77 Å². The Morgan fingerprint density at radius 1 is 1.69 bits per heavy atom. The average Bonchev–Trinajstić information content (AvgIpc) is 2.62. The first-order chi connectivity index (χ1) is 6.20. The van der Waals surface area contributed by atoms with Crippen molar-refractivity contribution in [2.75, 3.05) is 17.2 Å². The van der Waals surface area contributed by atoms with Crippen molar-refractivity contribution in [1.29, 1.82) is 0 Å². The molecule has 0 saturated carbocycles. The molecule has 1 aliphatic heterocycles. The van der Waals surface area contributed by atoms with E-state index in [-0.39, 0.29) is 0 Å². The fraction of sp³-hybridized carbons (Fsp3) is 0.625. The standard InChI is InChI=1S/C8H12IN3S/c1-5-3-13-4-7(5)12-8(10)6(9)2-11-12/h2,5,7H,3-4,10H2,1H3. The Bertz CT molecular complexity index is 312. The molecule has 2 unspecified atom stereocenters. The summed E-state index contributed by atoms with van der Waals surface area (Å²) in [6, 6.07) is 0.494. The van der Waals surface area contributed by atoms with E-state index in [0.717, 1.165) is 15.1 Å². The van der Waals surface area contributed by atoms with E-state index < -0.39 is 0 Å². The van der Waals surface area contributed by atoms with Crippen molar-refractivity contribution in [3.8, 4) is 0 Å². The van der Waals surface area contributed by atoms with Crippen LogP contribution in [0.2, 0.25) is 0 Å². The Labute approximate surface area is 95.6 Å². The number of halogens is 1. The van der Waals surface area contributed by atoms with Crippen molar-refractivity contribution < 1.29 is 0 Å². The molecule has 2 N–H and O–H groups in total. The Hall–Kier alpha value is 0.0900. The van der Waals surface area contributed by atoms with E-state index in [1.54, 1.807) is 0 Å². The van der Waals surface area contributed by atoms with Crippen LogP contribution in [0.3, 0.4) is 0 Å². The number of rotatable bonds is 1. The van der Waals surface area contributed by atoms with Gasteiger partial charge in [0.2, 0.25) is 0 Å². The Morgan fingerprint density at radius 3 is 2.92 bits per heavy atom. The quantitative estimate of drug-likeness (QED) is 0.807. The van der Waals surface area contributed by atoms with Gasteiger partial charge in [0.1, 0.15) is 5.82 Å². The van der Waals surface area contributed by atoms with Crippen LogP contribution in [0.1, 0.15) is 13.0 Å². The third-order valence-corrected chi connectivity index (χ3v) is 4.60. The number of thioether (sulfide) groups is 1. The summed E-state index contributed by atoms with van der Waals surface area (Å²) < 4.78 is 3.04. The van der Waals surface area contributed by atoms with E-state index in [1.165, 1.54) is 5.75 Å². The fourth-order valence-corrected chi connectivity index (χ4v) is 3.39. The second-order valence-corrected chi connectivity index (χ2v) is 5.64. The molecule has 0 bridgehead atoms. The lowest BCUT2D eigenvalue weighted by Gasteiger charge is -2.16. The third kappa shape index (κ3) is 1.68. The van der Waals surface area contributed by atoms with Crippen LogP contribution in [0.5, 0.6) is 0 Å². The SMILES string of the molecule is CC1CSCC1n1ncc(I)c1N. The second-order valence-electron chi connectivity index (χ2n) is 3.40. The van der Waals surface area contributed by atoms with Crippen molar-refractivity contribution in [2.45, 2.75) is 13.0 Å². The van der Waals surface area contributed by atoms with Crippen LogP contribution in [-0.4, -0.2) is 21.3 Å². The van der Waals surface area contributed by atoms with Gasteiger partial charge in [-0.2, -0.15) is 16.9 Å². The average molecular weight is 309 g/mol. The number of anilines is 1. The highest BCUT2D eigenvalue weighted by molar-refractivity contribution is 14.1. The summed E-state index contributed by atoms with van der Waals surface area (Å²) >= 11 is 4.21. The molecule has 0 spiro atoms. The Balaban J connectivity index is 2.29. The molecule has 0 aromatic carbocycles. The minimum absolute atomic E-state index is 0.494. The largest absolute Gasteiger partial charge is 0.383 e. The molecule has 2 atom stereocenters. The van der Waals surface area contributed by atoms with Gasteiger partial charge in [0.15, 0.2) is 0 Å². The minimum Gasteiger partial charge on any atom is -0.383 e. The summed E-state index contributed by atoms with van der Waals surface area (Å²) in [6.07, 6.45) is 1.84. The van der Waals surface area contributed by atoms with Crippen molar-refractivity contribution >= 4 is 40.2 Å². The first-order valence-corrected chi connectivity index (χ1v) is 6.49. The summed E-state index contributed by atoms with van der Waals surface area (Å²) in [4.78, 5) is 0. The zero-order valence-corrected chi connectivity index (χ0v) is 10.4. The van der Waals surface area contributed by atoms with E-state index in [2.05, 4.69) is 34.6 Å². The molecule has 2 rings (SSSR count). The molecule has 1 aromatic rings. The molecule has 1 fully saturated rings. The van der Waals surface area contributed by atoms with E-state index in [0.29, 0.717) is 12.0 Å². The van der Waals surface area contributed by atoms with Gasteiger partial charge in [-0.1, -0.05) is 6.92 Å². The maximum atomic E-state index is 5.93. The molecule has 72 valence electrons.